The number of hydrogen-bond donors (Lipinski definition) is 0. The van der Waals surface area contributed by atoms with Crippen LogP contribution in [-0.2, 0) is 0 Å². The van der Waals surface area contributed by atoms with Crippen LogP contribution in [0.25, 0.3) is 22.6 Å². The van der Waals surface area contributed by atoms with Crippen LogP contribution >= 0.6 is 27.5 Å². The van der Waals surface area contributed by atoms with Gasteiger partial charge in [-0.05, 0) is 46.3 Å². The standard InChI is InChI=1S/C14H9BrClNO2/c1-18-10-6-11(15)13-12(7-10)17-14(19-13)8-2-4-9(16)5-3-8/h2-7H,1H3. The van der Waals surface area contributed by atoms with Gasteiger partial charge in [0.25, 0.3) is 0 Å². The largest absolute Gasteiger partial charge is 0.497 e. The van der Waals surface area contributed by atoms with E-state index in [9.17, 15) is 0 Å². The lowest BCUT2D eigenvalue weighted by molar-refractivity contribution is 0.415. The molecule has 0 saturated heterocycles. The zero-order valence-corrected chi connectivity index (χ0v) is 12.3. The summed E-state index contributed by atoms with van der Waals surface area (Å²) in [6.45, 7) is 0. The van der Waals surface area contributed by atoms with Gasteiger partial charge < -0.3 is 9.15 Å². The van der Waals surface area contributed by atoms with Crippen LogP contribution in [0, 0.1) is 0 Å². The summed E-state index contributed by atoms with van der Waals surface area (Å²) in [6, 6.07) is 11.0. The molecule has 1 aromatic heterocycles. The van der Waals surface area contributed by atoms with Crippen molar-refractivity contribution in [1.82, 2.24) is 4.98 Å². The fourth-order valence-corrected chi connectivity index (χ4v) is 2.44. The van der Waals surface area contributed by atoms with Gasteiger partial charge in [-0.15, -0.1) is 0 Å². The van der Waals surface area contributed by atoms with Gasteiger partial charge in [0.1, 0.15) is 11.3 Å². The van der Waals surface area contributed by atoms with Crippen LogP contribution in [0.3, 0.4) is 0 Å². The Labute approximate surface area is 123 Å². The molecule has 2 aromatic carbocycles. The van der Waals surface area contributed by atoms with Crippen molar-refractivity contribution in [3.8, 4) is 17.2 Å². The van der Waals surface area contributed by atoms with Gasteiger partial charge in [0.2, 0.25) is 5.89 Å². The fourth-order valence-electron chi connectivity index (χ4n) is 1.80. The molecule has 3 nitrogen and oxygen atoms in total. The van der Waals surface area contributed by atoms with Crippen molar-refractivity contribution >= 4 is 38.6 Å². The summed E-state index contributed by atoms with van der Waals surface area (Å²) in [5.41, 5.74) is 2.33. The molecule has 0 aliphatic rings. The third-order valence-electron chi connectivity index (χ3n) is 2.75. The van der Waals surface area contributed by atoms with Gasteiger partial charge in [-0.2, -0.15) is 0 Å². The molecule has 3 aromatic rings. The molecule has 0 unspecified atom stereocenters. The zero-order chi connectivity index (χ0) is 13.4. The van der Waals surface area contributed by atoms with Crippen molar-refractivity contribution in [1.29, 1.82) is 0 Å². The molecule has 0 saturated carbocycles. The number of hydrogen-bond acceptors (Lipinski definition) is 3. The van der Waals surface area contributed by atoms with Gasteiger partial charge in [-0.1, -0.05) is 11.6 Å². The zero-order valence-electron chi connectivity index (χ0n) is 9.98. The van der Waals surface area contributed by atoms with Gasteiger partial charge in [-0.3, -0.25) is 0 Å². The lowest BCUT2D eigenvalue weighted by atomic mass is 10.2. The minimum Gasteiger partial charge on any atom is -0.497 e. The summed E-state index contributed by atoms with van der Waals surface area (Å²) in [4.78, 5) is 4.46. The van der Waals surface area contributed by atoms with Gasteiger partial charge in [0.15, 0.2) is 5.58 Å². The number of aromatic nitrogens is 1. The molecule has 0 amide bonds. The van der Waals surface area contributed by atoms with Gasteiger partial charge in [0, 0.05) is 16.7 Å². The van der Waals surface area contributed by atoms with Gasteiger partial charge in [-0.25, -0.2) is 4.98 Å². The van der Waals surface area contributed by atoms with Crippen LogP contribution in [0.2, 0.25) is 5.02 Å². The van der Waals surface area contributed by atoms with Gasteiger partial charge in [0.05, 0.1) is 11.6 Å². The molecule has 0 fully saturated rings. The Morgan fingerprint density at radius 2 is 1.95 bits per heavy atom. The molecule has 0 bridgehead atoms. The van der Waals surface area contributed by atoms with E-state index >= 15 is 0 Å². The molecule has 0 spiro atoms. The predicted octanol–water partition coefficient (Wildman–Crippen LogP) is 4.92. The highest BCUT2D eigenvalue weighted by Gasteiger charge is 2.12. The van der Waals surface area contributed by atoms with E-state index in [0.29, 0.717) is 16.5 Å². The van der Waals surface area contributed by atoms with Crippen LogP contribution in [-0.4, -0.2) is 12.1 Å². The predicted molar refractivity (Wildman–Crippen MR) is 78.7 cm³/mol. The summed E-state index contributed by atoms with van der Waals surface area (Å²) in [6.07, 6.45) is 0. The fraction of sp³-hybridized carbons (Fsp3) is 0.0714. The van der Waals surface area contributed by atoms with E-state index in [0.717, 1.165) is 21.3 Å². The van der Waals surface area contributed by atoms with E-state index in [1.54, 1.807) is 19.2 Å². The van der Waals surface area contributed by atoms with Crippen molar-refractivity contribution in [3.63, 3.8) is 0 Å². The molecule has 19 heavy (non-hydrogen) atoms. The lowest BCUT2D eigenvalue weighted by Crippen LogP contribution is -1.82. The monoisotopic (exact) mass is 337 g/mol. The number of benzene rings is 2. The molecule has 0 N–H and O–H groups in total. The first-order valence-electron chi connectivity index (χ1n) is 5.57. The van der Waals surface area contributed by atoms with Crippen molar-refractivity contribution < 1.29 is 9.15 Å². The van der Waals surface area contributed by atoms with Crippen LogP contribution in [0.4, 0.5) is 0 Å². The molecular formula is C14H9BrClNO2. The summed E-state index contributed by atoms with van der Waals surface area (Å²) in [5.74, 6) is 1.29. The molecule has 1 heterocycles. The Morgan fingerprint density at radius 1 is 1.21 bits per heavy atom. The van der Waals surface area contributed by atoms with Crippen LogP contribution in [0.1, 0.15) is 0 Å². The van der Waals surface area contributed by atoms with E-state index in [2.05, 4.69) is 20.9 Å². The SMILES string of the molecule is COc1cc(Br)c2oc(-c3ccc(Cl)cc3)nc2c1. The highest BCUT2D eigenvalue weighted by molar-refractivity contribution is 9.10. The Bertz CT molecular complexity index is 737. The second-order valence-electron chi connectivity index (χ2n) is 3.98. The maximum atomic E-state index is 5.87. The molecular weight excluding hydrogens is 330 g/mol. The van der Waals surface area contributed by atoms with E-state index in [1.165, 1.54) is 0 Å². The number of nitrogens with zero attached hydrogens (tertiary/aromatic N) is 1. The molecule has 0 radical (unpaired) electrons. The first-order chi connectivity index (χ1) is 9.17. The molecule has 96 valence electrons. The van der Waals surface area contributed by atoms with E-state index in [4.69, 9.17) is 20.8 Å². The summed E-state index contributed by atoms with van der Waals surface area (Å²) in [5, 5.41) is 0.683. The number of oxazole rings is 1. The van der Waals surface area contributed by atoms with E-state index in [-0.39, 0.29) is 0 Å². The maximum absolute atomic E-state index is 5.87. The van der Waals surface area contributed by atoms with Crippen LogP contribution in [0.5, 0.6) is 5.75 Å². The molecule has 3 rings (SSSR count). The highest BCUT2D eigenvalue weighted by atomic mass is 79.9. The van der Waals surface area contributed by atoms with E-state index in [1.807, 2.05) is 24.3 Å². The van der Waals surface area contributed by atoms with Crippen LogP contribution in [0.15, 0.2) is 45.3 Å². The Hall–Kier alpha value is -1.52. The minimum atomic E-state index is 0.556. The maximum Gasteiger partial charge on any atom is 0.227 e. The van der Waals surface area contributed by atoms with Gasteiger partial charge >= 0.3 is 0 Å². The number of methoxy groups -OCH3 is 1. The smallest absolute Gasteiger partial charge is 0.227 e. The average molecular weight is 339 g/mol. The molecule has 5 heteroatoms. The molecule has 0 aliphatic heterocycles. The van der Waals surface area contributed by atoms with Crippen molar-refractivity contribution in [3.05, 3.63) is 45.9 Å². The first kappa shape index (κ1) is 12.5. The van der Waals surface area contributed by atoms with Crippen molar-refractivity contribution in [2.75, 3.05) is 7.11 Å². The minimum absolute atomic E-state index is 0.556. The lowest BCUT2D eigenvalue weighted by Gasteiger charge is -1.98. The second kappa shape index (κ2) is 4.87. The average Bonchev–Trinajstić information content (AvgIpc) is 2.84. The van der Waals surface area contributed by atoms with Crippen molar-refractivity contribution in [2.24, 2.45) is 0 Å². The van der Waals surface area contributed by atoms with Crippen LogP contribution < -0.4 is 4.74 Å². The number of fused-ring (bicyclic) bond motifs is 1. The Morgan fingerprint density at radius 3 is 2.63 bits per heavy atom. The topological polar surface area (TPSA) is 35.3 Å². The third kappa shape index (κ3) is 2.33. The second-order valence-corrected chi connectivity index (χ2v) is 5.27. The van der Waals surface area contributed by atoms with Crippen molar-refractivity contribution in [2.45, 2.75) is 0 Å². The Kier molecular flexibility index (Phi) is 3.21. The summed E-state index contributed by atoms with van der Waals surface area (Å²) < 4.78 is 11.8. The number of halogens is 2. The highest BCUT2D eigenvalue weighted by Crippen LogP contribution is 2.33. The number of rotatable bonds is 2. The summed E-state index contributed by atoms with van der Waals surface area (Å²) in [7, 11) is 1.62. The Balaban J connectivity index is 2.16. The quantitative estimate of drug-likeness (QED) is 0.665. The first-order valence-corrected chi connectivity index (χ1v) is 6.74. The molecule has 0 atom stereocenters. The number of ether oxygens (including phenoxy) is 1. The summed E-state index contributed by atoms with van der Waals surface area (Å²) >= 11 is 9.32. The third-order valence-corrected chi connectivity index (χ3v) is 3.59. The normalized spacial score (nSPS) is 10.9. The van der Waals surface area contributed by atoms with E-state index < -0.39 is 0 Å². The molecule has 0 aliphatic carbocycles.